The third-order valence-electron chi connectivity index (χ3n) is 2.24. The first-order valence-electron chi connectivity index (χ1n) is 5.16. The highest BCUT2D eigenvalue weighted by molar-refractivity contribution is 5.92. The molecule has 0 aliphatic carbocycles. The number of hydrogen-bond acceptors (Lipinski definition) is 3. The van der Waals surface area contributed by atoms with Crippen molar-refractivity contribution < 1.29 is 13.6 Å². The molecule has 18 heavy (non-hydrogen) atoms. The minimum atomic E-state index is -2.75. The van der Waals surface area contributed by atoms with Crippen LogP contribution in [0.15, 0.2) is 24.5 Å². The predicted octanol–water partition coefficient (Wildman–Crippen LogP) is 0.942. The summed E-state index contributed by atoms with van der Waals surface area (Å²) in [5, 5.41) is 10.1. The molecular weight excluding hydrogens is 244 g/mol. The third kappa shape index (κ3) is 2.70. The number of hydrogen-bond donors (Lipinski definition) is 1. The zero-order valence-corrected chi connectivity index (χ0v) is 9.55. The lowest BCUT2D eigenvalue weighted by Crippen LogP contribution is -2.23. The lowest BCUT2D eigenvalue weighted by Gasteiger charge is -2.00. The largest absolute Gasteiger partial charge is 0.345 e. The second-order valence-corrected chi connectivity index (χ2v) is 3.62. The standard InChI is InChI=1S/C10H11F2N5O/c1-16-4-2-7(14-16)6-13-9(18)8-3-5-17(15-8)10(11)12/h2-5,10H,6H2,1H3,(H,13,18). The van der Waals surface area contributed by atoms with Gasteiger partial charge < -0.3 is 5.32 Å². The molecule has 0 aliphatic rings. The number of carbonyl (C=O) groups is 1. The van der Waals surface area contributed by atoms with Crippen LogP contribution in [0.4, 0.5) is 8.78 Å². The number of rotatable bonds is 4. The molecule has 2 aromatic rings. The molecule has 8 heteroatoms. The van der Waals surface area contributed by atoms with Crippen molar-refractivity contribution >= 4 is 5.91 Å². The number of aryl methyl sites for hydroxylation is 1. The van der Waals surface area contributed by atoms with Gasteiger partial charge in [0.15, 0.2) is 0 Å². The van der Waals surface area contributed by atoms with E-state index < -0.39 is 12.5 Å². The predicted molar refractivity (Wildman–Crippen MR) is 57.9 cm³/mol. The molecule has 96 valence electrons. The number of nitrogens with zero attached hydrogens (tertiary/aromatic N) is 4. The molecule has 0 unspecified atom stereocenters. The summed E-state index contributed by atoms with van der Waals surface area (Å²) in [6.45, 7) is -2.52. The Labute approximate surface area is 101 Å². The smallest absolute Gasteiger partial charge is 0.333 e. The van der Waals surface area contributed by atoms with Gasteiger partial charge >= 0.3 is 6.55 Å². The van der Waals surface area contributed by atoms with Crippen LogP contribution in [0.3, 0.4) is 0 Å². The molecule has 2 rings (SSSR count). The van der Waals surface area contributed by atoms with Gasteiger partial charge in [0.05, 0.1) is 12.2 Å². The highest BCUT2D eigenvalue weighted by Crippen LogP contribution is 2.08. The molecule has 0 saturated carbocycles. The van der Waals surface area contributed by atoms with Crippen molar-refractivity contribution in [1.82, 2.24) is 24.9 Å². The number of carbonyl (C=O) groups excluding carboxylic acids is 1. The summed E-state index contributed by atoms with van der Waals surface area (Å²) in [7, 11) is 1.76. The van der Waals surface area contributed by atoms with E-state index in [4.69, 9.17) is 0 Å². The summed E-state index contributed by atoms with van der Waals surface area (Å²) >= 11 is 0. The SMILES string of the molecule is Cn1ccc(CNC(=O)c2ccn(C(F)F)n2)n1. The number of amides is 1. The minimum absolute atomic E-state index is 0.0498. The van der Waals surface area contributed by atoms with Gasteiger partial charge in [-0.15, -0.1) is 0 Å². The number of alkyl halides is 2. The Morgan fingerprint density at radius 2 is 2.17 bits per heavy atom. The average Bonchev–Trinajstić information content (AvgIpc) is 2.94. The van der Waals surface area contributed by atoms with Crippen molar-refractivity contribution in [2.45, 2.75) is 13.1 Å². The van der Waals surface area contributed by atoms with Gasteiger partial charge in [-0.25, -0.2) is 4.68 Å². The molecular formula is C10H11F2N5O. The molecule has 0 aromatic carbocycles. The van der Waals surface area contributed by atoms with E-state index in [9.17, 15) is 13.6 Å². The van der Waals surface area contributed by atoms with Gasteiger partial charge in [-0.2, -0.15) is 19.0 Å². The molecule has 1 amide bonds. The van der Waals surface area contributed by atoms with Crippen molar-refractivity contribution in [3.63, 3.8) is 0 Å². The van der Waals surface area contributed by atoms with Crippen LogP contribution in [0.1, 0.15) is 22.7 Å². The van der Waals surface area contributed by atoms with Crippen LogP contribution < -0.4 is 5.32 Å². The molecule has 0 saturated heterocycles. The fourth-order valence-electron chi connectivity index (χ4n) is 1.39. The highest BCUT2D eigenvalue weighted by atomic mass is 19.3. The summed E-state index contributed by atoms with van der Waals surface area (Å²) in [5.74, 6) is -0.514. The molecule has 0 atom stereocenters. The van der Waals surface area contributed by atoms with Crippen molar-refractivity contribution in [3.05, 3.63) is 35.9 Å². The molecule has 0 radical (unpaired) electrons. The first kappa shape index (κ1) is 12.2. The van der Waals surface area contributed by atoms with Crippen LogP contribution in [0.5, 0.6) is 0 Å². The van der Waals surface area contributed by atoms with Gasteiger partial charge in [0.1, 0.15) is 5.69 Å². The first-order chi connectivity index (χ1) is 8.56. The minimum Gasteiger partial charge on any atom is -0.345 e. The summed E-state index contributed by atoms with van der Waals surface area (Å²) in [6.07, 6.45) is 2.80. The second-order valence-electron chi connectivity index (χ2n) is 3.62. The normalized spacial score (nSPS) is 10.9. The van der Waals surface area contributed by atoms with E-state index in [2.05, 4.69) is 15.5 Å². The van der Waals surface area contributed by atoms with Crippen LogP contribution in [0.25, 0.3) is 0 Å². The van der Waals surface area contributed by atoms with E-state index >= 15 is 0 Å². The quantitative estimate of drug-likeness (QED) is 0.884. The van der Waals surface area contributed by atoms with Gasteiger partial charge in [0.2, 0.25) is 0 Å². The topological polar surface area (TPSA) is 64.7 Å². The molecule has 2 aromatic heterocycles. The van der Waals surface area contributed by atoms with Gasteiger partial charge in [-0.05, 0) is 12.1 Å². The van der Waals surface area contributed by atoms with E-state index in [0.717, 1.165) is 6.20 Å². The number of nitrogens with one attached hydrogen (secondary N) is 1. The lowest BCUT2D eigenvalue weighted by molar-refractivity contribution is 0.0560. The van der Waals surface area contributed by atoms with Crippen LogP contribution in [0, 0.1) is 0 Å². The molecule has 0 aliphatic heterocycles. The molecule has 2 heterocycles. The Balaban J connectivity index is 1.95. The van der Waals surface area contributed by atoms with Gasteiger partial charge in [-0.1, -0.05) is 0 Å². The Kier molecular flexibility index (Phi) is 3.35. The fraction of sp³-hybridized carbons (Fsp3) is 0.300. The van der Waals surface area contributed by atoms with Crippen molar-refractivity contribution in [2.24, 2.45) is 7.05 Å². The Morgan fingerprint density at radius 3 is 2.72 bits per heavy atom. The maximum Gasteiger partial charge on any atom is 0.333 e. The first-order valence-corrected chi connectivity index (χ1v) is 5.16. The summed E-state index contributed by atoms with van der Waals surface area (Å²) in [5.41, 5.74) is 0.630. The van der Waals surface area contributed by atoms with E-state index in [1.165, 1.54) is 6.07 Å². The van der Waals surface area contributed by atoms with Crippen LogP contribution in [-0.2, 0) is 13.6 Å². The lowest BCUT2D eigenvalue weighted by atomic mass is 10.4. The van der Waals surface area contributed by atoms with Crippen LogP contribution >= 0.6 is 0 Å². The van der Waals surface area contributed by atoms with E-state index in [0.29, 0.717) is 10.4 Å². The zero-order valence-electron chi connectivity index (χ0n) is 9.55. The molecule has 0 bridgehead atoms. The molecule has 6 nitrogen and oxygen atoms in total. The average molecular weight is 255 g/mol. The number of halogens is 2. The summed E-state index contributed by atoms with van der Waals surface area (Å²) in [6, 6.07) is 2.98. The highest BCUT2D eigenvalue weighted by Gasteiger charge is 2.13. The van der Waals surface area contributed by atoms with E-state index in [-0.39, 0.29) is 12.2 Å². The van der Waals surface area contributed by atoms with Crippen molar-refractivity contribution in [1.29, 1.82) is 0 Å². The fourth-order valence-corrected chi connectivity index (χ4v) is 1.39. The zero-order chi connectivity index (χ0) is 13.1. The molecule has 1 N–H and O–H groups in total. The Hall–Kier alpha value is -2.25. The van der Waals surface area contributed by atoms with Crippen LogP contribution in [0.2, 0.25) is 0 Å². The Morgan fingerprint density at radius 1 is 1.39 bits per heavy atom. The third-order valence-corrected chi connectivity index (χ3v) is 2.24. The van der Waals surface area contributed by atoms with Crippen molar-refractivity contribution in [3.8, 4) is 0 Å². The Bertz CT molecular complexity index is 548. The molecule has 0 spiro atoms. The van der Waals surface area contributed by atoms with E-state index in [1.54, 1.807) is 24.0 Å². The molecule has 0 fully saturated rings. The maximum absolute atomic E-state index is 12.3. The van der Waals surface area contributed by atoms with Gasteiger partial charge in [0, 0.05) is 19.4 Å². The van der Waals surface area contributed by atoms with Gasteiger partial charge in [-0.3, -0.25) is 9.48 Å². The maximum atomic E-state index is 12.3. The van der Waals surface area contributed by atoms with Gasteiger partial charge in [0.25, 0.3) is 5.91 Å². The number of aromatic nitrogens is 4. The van der Waals surface area contributed by atoms with Crippen molar-refractivity contribution in [2.75, 3.05) is 0 Å². The monoisotopic (exact) mass is 255 g/mol. The summed E-state index contributed by atoms with van der Waals surface area (Å²) < 4.78 is 26.5. The van der Waals surface area contributed by atoms with E-state index in [1.807, 2.05) is 0 Å². The van der Waals surface area contributed by atoms with Crippen LogP contribution in [-0.4, -0.2) is 25.5 Å². The second kappa shape index (κ2) is 4.94. The summed E-state index contributed by atoms with van der Waals surface area (Å²) in [4.78, 5) is 11.6.